The highest BCUT2D eigenvalue weighted by Crippen LogP contribution is 2.44. The average Bonchev–Trinajstić information content (AvgIpc) is 3.56. The molecule has 0 spiro atoms. The molecule has 45 heavy (non-hydrogen) atoms. The number of rotatable bonds is 10. The molecule has 0 aliphatic rings. The summed E-state index contributed by atoms with van der Waals surface area (Å²) < 4.78 is 26.6. The molecule has 2 unspecified atom stereocenters. The second kappa shape index (κ2) is 13.1. The van der Waals surface area contributed by atoms with E-state index in [-0.39, 0.29) is 6.73 Å². The third-order valence-corrected chi connectivity index (χ3v) is 9.46. The van der Waals surface area contributed by atoms with Crippen molar-refractivity contribution in [1.29, 1.82) is 5.26 Å². The third kappa shape index (κ3) is 7.23. The van der Waals surface area contributed by atoms with E-state index in [0.29, 0.717) is 45.9 Å². The zero-order valence-electron chi connectivity index (χ0n) is 28.0. The quantitative estimate of drug-likeness (QED) is 0.102. The lowest BCUT2D eigenvalue weighted by atomic mass is 9.83. The largest absolute Gasteiger partial charge is 0.496 e. The maximum absolute atomic E-state index is 13.3. The Morgan fingerprint density at radius 3 is 2.42 bits per heavy atom. The Bertz CT molecular complexity index is 1770. The molecule has 2 aromatic heterocycles. The van der Waals surface area contributed by atoms with E-state index in [9.17, 15) is 14.9 Å². The summed E-state index contributed by atoms with van der Waals surface area (Å²) in [6.45, 7) is 16.8. The molecule has 2 atom stereocenters. The fourth-order valence-electron chi connectivity index (χ4n) is 5.52. The van der Waals surface area contributed by atoms with Crippen LogP contribution in [0.25, 0.3) is 21.9 Å². The number of nitriles is 1. The highest BCUT2D eigenvalue weighted by molar-refractivity contribution is 6.76. The first-order valence-corrected chi connectivity index (χ1v) is 18.8. The van der Waals surface area contributed by atoms with E-state index in [2.05, 4.69) is 25.7 Å². The summed E-state index contributed by atoms with van der Waals surface area (Å²) in [5.41, 5.74) is 3.29. The summed E-state index contributed by atoms with van der Waals surface area (Å²) in [5.74, 6) is -0.729. The predicted octanol–water partition coefficient (Wildman–Crippen LogP) is 7.22. The molecular weight excluding hydrogens is 588 g/mol. The van der Waals surface area contributed by atoms with Crippen molar-refractivity contribution in [2.45, 2.75) is 78.6 Å². The lowest BCUT2D eigenvalue weighted by Gasteiger charge is -2.27. The van der Waals surface area contributed by atoms with Gasteiger partial charge in [-0.1, -0.05) is 26.6 Å². The van der Waals surface area contributed by atoms with Gasteiger partial charge in [0.2, 0.25) is 0 Å². The van der Waals surface area contributed by atoms with Crippen molar-refractivity contribution in [3.8, 4) is 11.8 Å². The number of hydrogen-bond acceptors (Lipinski definition) is 8. The van der Waals surface area contributed by atoms with Crippen LogP contribution >= 0.6 is 0 Å². The molecule has 0 radical (unpaired) electrons. The van der Waals surface area contributed by atoms with Crippen LogP contribution in [0.4, 0.5) is 4.79 Å². The molecular formula is C34H44N4O6Si. The molecule has 10 nitrogen and oxygen atoms in total. The Morgan fingerprint density at radius 1 is 1.11 bits per heavy atom. The fraction of sp³-hybridized carbons (Fsp3) is 0.471. The van der Waals surface area contributed by atoms with Gasteiger partial charge in [-0.15, -0.1) is 0 Å². The van der Waals surface area contributed by atoms with Gasteiger partial charge in [0.1, 0.15) is 23.9 Å². The van der Waals surface area contributed by atoms with Gasteiger partial charge in [0.25, 0.3) is 0 Å². The Kier molecular flexibility index (Phi) is 9.80. The molecule has 0 saturated carbocycles. The Morgan fingerprint density at radius 2 is 1.82 bits per heavy atom. The van der Waals surface area contributed by atoms with Gasteiger partial charge in [-0.05, 0) is 69.6 Å². The third-order valence-electron chi connectivity index (χ3n) is 7.76. The Labute approximate surface area is 265 Å². The lowest BCUT2D eigenvalue weighted by molar-refractivity contribution is -0.145. The van der Waals surface area contributed by atoms with Crippen molar-refractivity contribution < 1.29 is 28.5 Å². The average molecular weight is 633 g/mol. The fourth-order valence-corrected chi connectivity index (χ4v) is 6.28. The molecule has 0 bridgehead atoms. The van der Waals surface area contributed by atoms with Crippen molar-refractivity contribution in [3.05, 3.63) is 59.0 Å². The molecule has 0 aliphatic heterocycles. The minimum absolute atomic E-state index is 0.172. The van der Waals surface area contributed by atoms with Crippen LogP contribution in [0.15, 0.2) is 36.5 Å². The maximum Gasteiger partial charge on any atom is 0.419 e. The summed E-state index contributed by atoms with van der Waals surface area (Å²) in [5, 5.41) is 10.4. The number of fused-ring (bicyclic) bond motifs is 2. The SMILES string of the molecule is COC(=O)C(C)C(c1c(OC)cc(C)c2c1ccn2C(=O)OC(C)(C)C)c1nc2ccc(C#N)cc2n1COCC[Si](C)(C)C. The van der Waals surface area contributed by atoms with E-state index in [1.807, 2.05) is 44.4 Å². The number of methoxy groups -OCH3 is 2. The van der Waals surface area contributed by atoms with Crippen LogP contribution in [0, 0.1) is 24.2 Å². The number of aryl methyl sites for hydroxylation is 1. The van der Waals surface area contributed by atoms with Crippen LogP contribution in [0.1, 0.15) is 56.1 Å². The second-order valence-electron chi connectivity index (χ2n) is 13.6. The number of esters is 1. The van der Waals surface area contributed by atoms with E-state index in [1.165, 1.54) is 11.7 Å². The van der Waals surface area contributed by atoms with E-state index in [1.54, 1.807) is 38.4 Å². The predicted molar refractivity (Wildman–Crippen MR) is 176 cm³/mol. The normalized spacial score (nSPS) is 13.4. The number of carbonyl (C=O) groups is 2. The molecule has 0 saturated heterocycles. The number of hydrogen-bond donors (Lipinski definition) is 0. The van der Waals surface area contributed by atoms with Crippen LogP contribution < -0.4 is 4.74 Å². The van der Waals surface area contributed by atoms with Crippen molar-refractivity contribution in [2.75, 3.05) is 20.8 Å². The maximum atomic E-state index is 13.3. The van der Waals surface area contributed by atoms with Crippen molar-refractivity contribution >= 4 is 42.1 Å². The summed E-state index contributed by atoms with van der Waals surface area (Å²) in [7, 11) is 1.58. The van der Waals surface area contributed by atoms with Crippen molar-refractivity contribution in [3.63, 3.8) is 0 Å². The topological polar surface area (TPSA) is 118 Å². The highest BCUT2D eigenvalue weighted by atomic mass is 28.3. The van der Waals surface area contributed by atoms with Gasteiger partial charge in [0.15, 0.2) is 0 Å². The van der Waals surface area contributed by atoms with Gasteiger partial charge in [0, 0.05) is 31.8 Å². The Hall–Kier alpha value is -4.14. The molecule has 240 valence electrons. The number of nitrogens with zero attached hydrogens (tertiary/aromatic N) is 4. The number of imidazole rings is 1. The molecule has 4 rings (SSSR count). The highest BCUT2D eigenvalue weighted by Gasteiger charge is 2.37. The number of aromatic nitrogens is 3. The minimum Gasteiger partial charge on any atom is -0.496 e. The zero-order valence-corrected chi connectivity index (χ0v) is 29.0. The van der Waals surface area contributed by atoms with Crippen LogP contribution in [0.5, 0.6) is 5.75 Å². The van der Waals surface area contributed by atoms with Gasteiger partial charge >= 0.3 is 12.1 Å². The van der Waals surface area contributed by atoms with E-state index >= 15 is 0 Å². The summed E-state index contributed by atoms with van der Waals surface area (Å²) >= 11 is 0. The number of benzene rings is 2. The monoisotopic (exact) mass is 632 g/mol. The number of ether oxygens (including phenoxy) is 4. The minimum atomic E-state index is -1.35. The summed E-state index contributed by atoms with van der Waals surface area (Å²) in [4.78, 5) is 31.7. The van der Waals surface area contributed by atoms with E-state index < -0.39 is 37.6 Å². The molecule has 4 aromatic rings. The standard InChI is InChI=1S/C34H44N4O6Si/c1-21-17-27(41-6)29(24-13-14-37(30(21)24)33(40)44-34(3,4)5)28(22(2)32(39)42-7)31-36-25-12-11-23(19-35)18-26(25)38(31)20-43-15-16-45(8,9)10/h11-14,17-18,22,28H,15-16,20H2,1-10H3. The first-order valence-electron chi connectivity index (χ1n) is 15.1. The van der Waals surface area contributed by atoms with E-state index in [4.69, 9.17) is 23.9 Å². The molecule has 2 aromatic carbocycles. The number of carbonyl (C=O) groups excluding carboxylic acids is 2. The zero-order chi connectivity index (χ0) is 33.3. The van der Waals surface area contributed by atoms with Crippen LogP contribution in [-0.4, -0.2) is 60.7 Å². The van der Waals surface area contributed by atoms with Crippen molar-refractivity contribution in [1.82, 2.24) is 14.1 Å². The van der Waals surface area contributed by atoms with Crippen LogP contribution in [0.2, 0.25) is 25.7 Å². The van der Waals surface area contributed by atoms with Crippen molar-refractivity contribution in [2.24, 2.45) is 5.92 Å². The molecule has 0 fully saturated rings. The first kappa shape index (κ1) is 33.7. The van der Waals surface area contributed by atoms with Crippen LogP contribution in [-0.2, 0) is 25.7 Å². The van der Waals surface area contributed by atoms with Gasteiger partial charge in [-0.2, -0.15) is 5.26 Å². The summed E-state index contributed by atoms with van der Waals surface area (Å²) in [6, 6.07) is 12.2. The Balaban J connectivity index is 2.01. The second-order valence-corrected chi connectivity index (χ2v) is 19.2. The molecule has 0 aliphatic carbocycles. The van der Waals surface area contributed by atoms with Gasteiger partial charge in [0.05, 0.1) is 54.2 Å². The van der Waals surface area contributed by atoms with Gasteiger partial charge < -0.3 is 23.5 Å². The van der Waals surface area contributed by atoms with Gasteiger partial charge in [-0.3, -0.25) is 9.36 Å². The van der Waals surface area contributed by atoms with E-state index in [0.717, 1.165) is 17.0 Å². The first-order chi connectivity index (χ1) is 21.1. The van der Waals surface area contributed by atoms with Gasteiger partial charge in [-0.25, -0.2) is 9.78 Å². The molecule has 0 N–H and O–H groups in total. The van der Waals surface area contributed by atoms with Crippen LogP contribution in [0.3, 0.4) is 0 Å². The molecule has 11 heteroatoms. The smallest absolute Gasteiger partial charge is 0.419 e. The molecule has 0 amide bonds. The lowest BCUT2D eigenvalue weighted by Crippen LogP contribution is -2.27. The summed E-state index contributed by atoms with van der Waals surface area (Å²) in [6.07, 6.45) is 1.16. The molecule has 2 heterocycles.